The Kier molecular flexibility index (Phi) is 6.02. The monoisotopic (exact) mass is 493 g/mol. The van der Waals surface area contributed by atoms with E-state index >= 15 is 0 Å². The number of non-ortho nitro benzene ring substituents is 2. The standard InChI is InChI=1S/C28H19N3O6/c32-27-23-13-20(30(34)35)11-12-22(23)26-24(27)14-21(31(36)37)15-25(26)28(33)29(16-18-7-3-1-4-8-18)17-19-9-5-2-6-10-19/h1-15H,16-17H2. The van der Waals surface area contributed by atoms with E-state index in [4.69, 9.17) is 0 Å². The van der Waals surface area contributed by atoms with Gasteiger partial charge in [-0.25, -0.2) is 0 Å². The van der Waals surface area contributed by atoms with Crippen molar-refractivity contribution in [2.24, 2.45) is 0 Å². The Morgan fingerprint density at radius 3 is 1.76 bits per heavy atom. The number of nitro groups is 2. The normalized spacial score (nSPS) is 11.5. The Morgan fingerprint density at radius 2 is 1.22 bits per heavy atom. The first-order chi connectivity index (χ1) is 17.8. The van der Waals surface area contributed by atoms with Gasteiger partial charge in [0, 0.05) is 54.0 Å². The van der Waals surface area contributed by atoms with Gasteiger partial charge in [-0.1, -0.05) is 60.7 Å². The topological polar surface area (TPSA) is 124 Å². The van der Waals surface area contributed by atoms with Crippen molar-refractivity contribution in [3.05, 3.63) is 139 Å². The second-order valence-corrected chi connectivity index (χ2v) is 8.62. The highest BCUT2D eigenvalue weighted by Gasteiger charge is 2.35. The van der Waals surface area contributed by atoms with Gasteiger partial charge < -0.3 is 4.90 Å². The van der Waals surface area contributed by atoms with Gasteiger partial charge in [0.05, 0.1) is 15.4 Å². The number of benzene rings is 4. The molecule has 0 aromatic heterocycles. The molecule has 4 aromatic rings. The molecule has 0 N–H and O–H groups in total. The predicted molar refractivity (Wildman–Crippen MR) is 135 cm³/mol. The van der Waals surface area contributed by atoms with Crippen LogP contribution in [-0.4, -0.2) is 26.4 Å². The third-order valence-electron chi connectivity index (χ3n) is 6.26. The van der Waals surface area contributed by atoms with Crippen LogP contribution in [0, 0.1) is 20.2 Å². The first-order valence-corrected chi connectivity index (χ1v) is 11.4. The van der Waals surface area contributed by atoms with Crippen molar-refractivity contribution in [2.75, 3.05) is 0 Å². The van der Waals surface area contributed by atoms with Crippen LogP contribution >= 0.6 is 0 Å². The number of hydrogen-bond acceptors (Lipinski definition) is 6. The zero-order chi connectivity index (χ0) is 26.1. The van der Waals surface area contributed by atoms with E-state index in [1.54, 1.807) is 4.90 Å². The number of ketones is 1. The Balaban J connectivity index is 1.66. The Morgan fingerprint density at radius 1 is 0.676 bits per heavy atom. The molecule has 9 heteroatoms. The molecule has 9 nitrogen and oxygen atoms in total. The smallest absolute Gasteiger partial charge is 0.271 e. The second-order valence-electron chi connectivity index (χ2n) is 8.62. The van der Waals surface area contributed by atoms with Crippen molar-refractivity contribution in [3.63, 3.8) is 0 Å². The minimum Gasteiger partial charge on any atom is -0.330 e. The second kappa shape index (κ2) is 9.46. The van der Waals surface area contributed by atoms with Crippen LogP contribution in [0.4, 0.5) is 11.4 Å². The maximum absolute atomic E-state index is 14.1. The number of nitro benzene ring substituents is 2. The van der Waals surface area contributed by atoms with Crippen molar-refractivity contribution in [1.82, 2.24) is 4.90 Å². The van der Waals surface area contributed by atoms with Crippen LogP contribution < -0.4 is 0 Å². The van der Waals surface area contributed by atoms with Gasteiger partial charge in [-0.15, -0.1) is 0 Å². The summed E-state index contributed by atoms with van der Waals surface area (Å²) in [6.45, 7) is 0.459. The van der Waals surface area contributed by atoms with Crippen LogP contribution in [0.2, 0.25) is 0 Å². The van der Waals surface area contributed by atoms with E-state index in [1.807, 2.05) is 60.7 Å². The average molecular weight is 493 g/mol. The van der Waals surface area contributed by atoms with E-state index in [1.165, 1.54) is 18.2 Å². The maximum atomic E-state index is 14.1. The molecule has 0 saturated heterocycles. The van der Waals surface area contributed by atoms with E-state index in [-0.39, 0.29) is 41.0 Å². The molecule has 0 atom stereocenters. The minimum atomic E-state index is -0.658. The van der Waals surface area contributed by atoms with Gasteiger partial charge in [-0.2, -0.15) is 0 Å². The van der Waals surface area contributed by atoms with Gasteiger partial charge in [-0.05, 0) is 22.8 Å². The van der Waals surface area contributed by atoms with E-state index in [2.05, 4.69) is 0 Å². The molecule has 0 bridgehead atoms. The molecule has 0 fully saturated rings. The van der Waals surface area contributed by atoms with E-state index in [9.17, 15) is 29.8 Å². The molecule has 1 aliphatic rings. The molecule has 0 aliphatic heterocycles. The molecule has 182 valence electrons. The van der Waals surface area contributed by atoms with Crippen molar-refractivity contribution in [3.8, 4) is 11.1 Å². The lowest BCUT2D eigenvalue weighted by molar-refractivity contribution is -0.385. The highest BCUT2D eigenvalue weighted by molar-refractivity contribution is 6.25. The van der Waals surface area contributed by atoms with Gasteiger partial charge in [-0.3, -0.25) is 29.8 Å². The summed E-state index contributed by atoms with van der Waals surface area (Å²) >= 11 is 0. The Labute approximate surface area is 210 Å². The summed E-state index contributed by atoms with van der Waals surface area (Å²) in [5.74, 6) is -1.09. The fourth-order valence-corrected chi connectivity index (χ4v) is 4.54. The molecule has 4 aromatic carbocycles. The first kappa shape index (κ1) is 23.6. The lowest BCUT2D eigenvalue weighted by Gasteiger charge is -2.24. The molecule has 0 heterocycles. The molecule has 0 saturated carbocycles. The fraction of sp³-hybridized carbons (Fsp3) is 0.0714. The molecule has 1 aliphatic carbocycles. The lowest BCUT2D eigenvalue weighted by Crippen LogP contribution is -2.30. The fourth-order valence-electron chi connectivity index (χ4n) is 4.54. The SMILES string of the molecule is O=C1c2cc([N+](=O)[O-])ccc2-c2c1cc([N+](=O)[O-])cc2C(=O)N(Cc1ccccc1)Cc1ccccc1. The van der Waals surface area contributed by atoms with Crippen molar-refractivity contribution < 1.29 is 19.4 Å². The van der Waals surface area contributed by atoms with Gasteiger partial charge in [0.15, 0.2) is 5.78 Å². The van der Waals surface area contributed by atoms with Gasteiger partial charge in [0.1, 0.15) is 0 Å². The van der Waals surface area contributed by atoms with E-state index in [0.29, 0.717) is 5.56 Å². The molecular weight excluding hydrogens is 474 g/mol. The summed E-state index contributed by atoms with van der Waals surface area (Å²) in [7, 11) is 0. The van der Waals surface area contributed by atoms with Crippen molar-refractivity contribution in [1.29, 1.82) is 0 Å². The summed E-state index contributed by atoms with van der Waals surface area (Å²) in [5.41, 5.74) is 1.64. The number of carbonyl (C=O) groups is 2. The zero-order valence-corrected chi connectivity index (χ0v) is 19.4. The van der Waals surface area contributed by atoms with Crippen LogP contribution in [0.25, 0.3) is 11.1 Å². The number of amides is 1. The zero-order valence-electron chi connectivity index (χ0n) is 19.4. The average Bonchev–Trinajstić information content (AvgIpc) is 3.19. The predicted octanol–water partition coefficient (Wildman–Crippen LogP) is 5.56. The maximum Gasteiger partial charge on any atom is 0.271 e. The number of fused-ring (bicyclic) bond motifs is 3. The molecular formula is C28H19N3O6. The highest BCUT2D eigenvalue weighted by atomic mass is 16.6. The quantitative estimate of drug-likeness (QED) is 0.216. The number of nitrogens with zero attached hydrogens (tertiary/aromatic N) is 3. The van der Waals surface area contributed by atoms with Gasteiger partial charge in [0.2, 0.25) is 0 Å². The minimum absolute atomic E-state index is 0.00276. The third kappa shape index (κ3) is 4.45. The molecule has 5 rings (SSSR count). The first-order valence-electron chi connectivity index (χ1n) is 11.4. The van der Waals surface area contributed by atoms with Crippen LogP contribution in [0.1, 0.15) is 37.4 Å². The molecule has 0 radical (unpaired) electrons. The summed E-state index contributed by atoms with van der Waals surface area (Å²) in [4.78, 5) is 50.6. The van der Waals surface area contributed by atoms with Gasteiger partial charge in [0.25, 0.3) is 17.3 Å². The number of rotatable bonds is 7. The van der Waals surface area contributed by atoms with Crippen LogP contribution in [0.3, 0.4) is 0 Å². The Bertz CT molecular complexity index is 1530. The van der Waals surface area contributed by atoms with Crippen LogP contribution in [0.15, 0.2) is 91.0 Å². The largest absolute Gasteiger partial charge is 0.330 e. The summed E-state index contributed by atoms with van der Waals surface area (Å²) in [6.07, 6.45) is 0. The van der Waals surface area contributed by atoms with Gasteiger partial charge >= 0.3 is 0 Å². The molecule has 1 amide bonds. The highest BCUT2D eigenvalue weighted by Crippen LogP contribution is 2.43. The summed E-state index contributed by atoms with van der Waals surface area (Å²) < 4.78 is 0. The van der Waals surface area contributed by atoms with Crippen molar-refractivity contribution >= 4 is 23.1 Å². The van der Waals surface area contributed by atoms with Crippen LogP contribution in [-0.2, 0) is 13.1 Å². The Hall–Kier alpha value is -5.18. The molecule has 0 unspecified atom stereocenters. The van der Waals surface area contributed by atoms with E-state index < -0.39 is 27.2 Å². The molecule has 37 heavy (non-hydrogen) atoms. The van der Waals surface area contributed by atoms with E-state index in [0.717, 1.165) is 23.3 Å². The van der Waals surface area contributed by atoms with Crippen molar-refractivity contribution in [2.45, 2.75) is 13.1 Å². The molecule has 0 spiro atoms. The lowest BCUT2D eigenvalue weighted by atomic mass is 9.97. The van der Waals surface area contributed by atoms with Crippen LogP contribution in [0.5, 0.6) is 0 Å². The number of carbonyl (C=O) groups excluding carboxylic acids is 2. The third-order valence-corrected chi connectivity index (χ3v) is 6.26. The summed E-state index contributed by atoms with van der Waals surface area (Å²) in [5, 5.41) is 23.0. The number of hydrogen-bond donors (Lipinski definition) is 0. The summed E-state index contributed by atoms with van der Waals surface area (Å²) in [6, 6.07) is 24.8.